The van der Waals surface area contributed by atoms with Crippen molar-refractivity contribution in [2.24, 2.45) is 5.92 Å². The Balaban J connectivity index is 1.37. The molecule has 2 aromatic heterocycles. The molecule has 3 atom stereocenters. The number of thiazole rings is 1. The molecule has 2 fully saturated rings. The summed E-state index contributed by atoms with van der Waals surface area (Å²) in [5.41, 5.74) is 4.61. The van der Waals surface area contributed by atoms with Gasteiger partial charge < -0.3 is 15.1 Å². The first-order chi connectivity index (χ1) is 17.3. The fraction of sp³-hybridized carbons (Fsp3) is 0.500. The van der Waals surface area contributed by atoms with E-state index in [1.165, 1.54) is 9.71 Å². The van der Waals surface area contributed by atoms with E-state index >= 15 is 0 Å². The van der Waals surface area contributed by atoms with Crippen molar-refractivity contribution in [3.05, 3.63) is 52.3 Å². The molecule has 5 rings (SSSR count). The molecule has 7 nitrogen and oxygen atoms in total. The van der Waals surface area contributed by atoms with Crippen LogP contribution in [0.15, 0.2) is 30.5 Å². The van der Waals surface area contributed by atoms with E-state index in [9.17, 15) is 9.59 Å². The maximum absolute atomic E-state index is 13.4. The molecule has 36 heavy (non-hydrogen) atoms. The molecule has 4 heterocycles. The van der Waals surface area contributed by atoms with Crippen molar-refractivity contribution in [2.45, 2.75) is 58.4 Å². The summed E-state index contributed by atoms with van der Waals surface area (Å²) in [6.07, 6.45) is 5.44. The smallest absolute Gasteiger partial charge is 0.313 e. The van der Waals surface area contributed by atoms with Crippen molar-refractivity contribution in [2.75, 3.05) is 32.0 Å². The molecular weight excluding hydrogens is 470 g/mol. The highest BCUT2D eigenvalue weighted by molar-refractivity contribution is 7.18. The van der Waals surface area contributed by atoms with Gasteiger partial charge in [-0.2, -0.15) is 0 Å². The number of anilines is 1. The SMILES string of the molecule is CCc1cc(NC(=O)C(=O)N2C[C@@H](C)CCC2c2ccc3sc(C4CCN(C)C4)nc3c2)cnc1C. The van der Waals surface area contributed by atoms with Crippen LogP contribution >= 0.6 is 11.3 Å². The largest absolute Gasteiger partial charge is 0.327 e. The van der Waals surface area contributed by atoms with Crippen molar-refractivity contribution in [3.63, 3.8) is 0 Å². The molecule has 2 aliphatic rings. The molecule has 190 valence electrons. The fourth-order valence-corrected chi connectivity index (χ4v) is 6.60. The van der Waals surface area contributed by atoms with Gasteiger partial charge in [-0.15, -0.1) is 11.3 Å². The number of amides is 2. The van der Waals surface area contributed by atoms with Gasteiger partial charge in [0.05, 0.1) is 33.2 Å². The third kappa shape index (κ3) is 5.02. The van der Waals surface area contributed by atoms with Crippen LogP contribution in [0.2, 0.25) is 0 Å². The van der Waals surface area contributed by atoms with E-state index in [1.54, 1.807) is 22.4 Å². The molecule has 0 aliphatic carbocycles. The van der Waals surface area contributed by atoms with Gasteiger partial charge in [0.1, 0.15) is 0 Å². The first-order valence-electron chi connectivity index (χ1n) is 13.0. The van der Waals surface area contributed by atoms with Crippen LogP contribution in [0.1, 0.15) is 66.9 Å². The predicted octanol–water partition coefficient (Wildman–Crippen LogP) is 4.92. The van der Waals surface area contributed by atoms with Gasteiger partial charge in [0, 0.05) is 24.7 Å². The number of aromatic nitrogens is 2. The van der Waals surface area contributed by atoms with E-state index in [4.69, 9.17) is 4.98 Å². The zero-order valence-corrected chi connectivity index (χ0v) is 22.4. The Kier molecular flexibility index (Phi) is 7.08. The van der Waals surface area contributed by atoms with Crippen LogP contribution in [0.3, 0.4) is 0 Å². The lowest BCUT2D eigenvalue weighted by Gasteiger charge is -2.38. The van der Waals surface area contributed by atoms with E-state index < -0.39 is 11.8 Å². The van der Waals surface area contributed by atoms with E-state index in [1.807, 2.05) is 13.0 Å². The molecule has 3 aromatic rings. The zero-order chi connectivity index (χ0) is 25.4. The average Bonchev–Trinajstić information content (AvgIpc) is 3.50. The van der Waals surface area contributed by atoms with Crippen molar-refractivity contribution in [1.29, 1.82) is 0 Å². The predicted molar refractivity (Wildman–Crippen MR) is 144 cm³/mol. The minimum absolute atomic E-state index is 0.131. The molecule has 2 saturated heterocycles. The monoisotopic (exact) mass is 505 g/mol. The lowest BCUT2D eigenvalue weighted by atomic mass is 9.89. The highest BCUT2D eigenvalue weighted by Gasteiger charge is 2.34. The third-order valence-electron chi connectivity index (χ3n) is 7.66. The highest BCUT2D eigenvalue weighted by Crippen LogP contribution is 2.37. The first kappa shape index (κ1) is 24.8. The highest BCUT2D eigenvalue weighted by atomic mass is 32.1. The summed E-state index contributed by atoms with van der Waals surface area (Å²) in [4.78, 5) is 39.9. The Morgan fingerprint density at radius 1 is 1.17 bits per heavy atom. The van der Waals surface area contributed by atoms with Crippen LogP contribution in [-0.4, -0.2) is 58.3 Å². The van der Waals surface area contributed by atoms with Gasteiger partial charge in [-0.1, -0.05) is 19.9 Å². The summed E-state index contributed by atoms with van der Waals surface area (Å²) in [7, 11) is 2.16. The normalized spacial score (nSPS) is 22.8. The summed E-state index contributed by atoms with van der Waals surface area (Å²) < 4.78 is 1.18. The molecule has 0 saturated carbocycles. The number of carbonyl (C=O) groups is 2. The average molecular weight is 506 g/mol. The number of rotatable bonds is 4. The Morgan fingerprint density at radius 2 is 2.00 bits per heavy atom. The van der Waals surface area contributed by atoms with Crippen molar-refractivity contribution in [3.8, 4) is 0 Å². The van der Waals surface area contributed by atoms with Gasteiger partial charge in [-0.25, -0.2) is 4.98 Å². The second-order valence-corrected chi connectivity index (χ2v) is 11.5. The van der Waals surface area contributed by atoms with Crippen LogP contribution in [0.4, 0.5) is 5.69 Å². The number of nitrogens with one attached hydrogen (secondary N) is 1. The number of nitrogens with zero attached hydrogens (tertiary/aromatic N) is 4. The van der Waals surface area contributed by atoms with E-state index in [-0.39, 0.29) is 6.04 Å². The van der Waals surface area contributed by atoms with Gasteiger partial charge in [-0.3, -0.25) is 14.6 Å². The fourth-order valence-electron chi connectivity index (χ4n) is 5.52. The number of likely N-dealkylation sites (tertiary alicyclic amines) is 2. The second-order valence-electron chi connectivity index (χ2n) is 10.5. The summed E-state index contributed by atoms with van der Waals surface area (Å²) >= 11 is 1.78. The van der Waals surface area contributed by atoms with E-state index in [0.29, 0.717) is 24.1 Å². The Bertz CT molecular complexity index is 1290. The molecule has 2 aliphatic heterocycles. The molecule has 2 unspecified atom stereocenters. The standard InChI is InChI=1S/C28H35N5O2S/c1-5-19-12-22(14-29-18(19)3)30-26(34)28(35)33-15-17(2)6-8-24(33)20-7-9-25-23(13-20)31-27(36-25)21-10-11-32(4)16-21/h7,9,12-14,17,21,24H,5-6,8,10-11,15-16H2,1-4H3,(H,30,34)/t17-,21?,24?/m0/s1. The lowest BCUT2D eigenvalue weighted by Crippen LogP contribution is -2.46. The molecule has 8 heteroatoms. The number of pyridine rings is 1. The second kappa shape index (κ2) is 10.3. The van der Waals surface area contributed by atoms with Gasteiger partial charge >= 0.3 is 11.8 Å². The van der Waals surface area contributed by atoms with Crippen LogP contribution in [0.5, 0.6) is 0 Å². The molecular formula is C28H35N5O2S. The van der Waals surface area contributed by atoms with Crippen LogP contribution in [0, 0.1) is 12.8 Å². The zero-order valence-electron chi connectivity index (χ0n) is 21.6. The number of aryl methyl sites for hydroxylation is 2. The van der Waals surface area contributed by atoms with Crippen molar-refractivity contribution < 1.29 is 9.59 Å². The van der Waals surface area contributed by atoms with Crippen LogP contribution in [0.25, 0.3) is 10.2 Å². The molecule has 0 spiro atoms. The van der Waals surface area contributed by atoms with Gasteiger partial charge in [0.15, 0.2) is 0 Å². The number of fused-ring (bicyclic) bond motifs is 1. The number of hydrogen-bond donors (Lipinski definition) is 1. The maximum Gasteiger partial charge on any atom is 0.313 e. The summed E-state index contributed by atoms with van der Waals surface area (Å²) in [6, 6.07) is 8.15. The number of carbonyl (C=O) groups excluding carboxylic acids is 2. The molecule has 0 bridgehead atoms. The van der Waals surface area contributed by atoms with E-state index in [0.717, 1.165) is 61.1 Å². The van der Waals surface area contributed by atoms with Gasteiger partial charge in [-0.05, 0) is 81.4 Å². The summed E-state index contributed by atoms with van der Waals surface area (Å²) in [6.45, 7) is 8.88. The topological polar surface area (TPSA) is 78.4 Å². The Hall–Kier alpha value is -2.84. The Labute approximate surface area is 216 Å². The number of hydrogen-bond acceptors (Lipinski definition) is 6. The number of benzene rings is 1. The van der Waals surface area contributed by atoms with Crippen molar-refractivity contribution >= 4 is 39.1 Å². The molecule has 2 amide bonds. The molecule has 0 radical (unpaired) electrons. The van der Waals surface area contributed by atoms with Crippen molar-refractivity contribution in [1.82, 2.24) is 19.8 Å². The molecule has 1 aromatic carbocycles. The van der Waals surface area contributed by atoms with Crippen LogP contribution < -0.4 is 5.32 Å². The van der Waals surface area contributed by atoms with Crippen LogP contribution in [-0.2, 0) is 16.0 Å². The van der Waals surface area contributed by atoms with E-state index in [2.05, 4.69) is 54.3 Å². The summed E-state index contributed by atoms with van der Waals surface area (Å²) in [5, 5.41) is 3.99. The minimum atomic E-state index is -0.607. The van der Waals surface area contributed by atoms with Gasteiger partial charge in [0.2, 0.25) is 0 Å². The maximum atomic E-state index is 13.4. The number of piperidine rings is 1. The minimum Gasteiger partial charge on any atom is -0.327 e. The lowest BCUT2D eigenvalue weighted by molar-refractivity contribution is -0.146. The quantitative estimate of drug-likeness (QED) is 0.509. The van der Waals surface area contributed by atoms with Gasteiger partial charge in [0.25, 0.3) is 0 Å². The summed E-state index contributed by atoms with van der Waals surface area (Å²) in [5.74, 6) is -0.250. The first-order valence-corrected chi connectivity index (χ1v) is 13.8. The number of likely N-dealkylation sites (N-methyl/N-ethyl adjacent to an activating group) is 1. The Morgan fingerprint density at radius 3 is 2.75 bits per heavy atom. The third-order valence-corrected chi connectivity index (χ3v) is 8.86. The molecule has 1 N–H and O–H groups in total.